The molecule has 0 unspecified atom stereocenters. The molecule has 0 fully saturated rings. The second-order valence-electron chi connectivity index (χ2n) is 3.71. The van der Waals surface area contributed by atoms with Gasteiger partial charge in [0.25, 0.3) is 0 Å². The maximum Gasteiger partial charge on any atom is 0.0920 e. The average molecular weight is 170 g/mol. The molecule has 0 aliphatic rings. The van der Waals surface area contributed by atoms with E-state index in [0.717, 1.165) is 5.57 Å². The van der Waals surface area contributed by atoms with E-state index < -0.39 is 11.7 Å². The molecule has 0 saturated heterocycles. The Morgan fingerprint density at radius 2 is 1.92 bits per heavy atom. The molecule has 0 radical (unpaired) electrons. The van der Waals surface area contributed by atoms with E-state index in [1.807, 2.05) is 0 Å². The molecular weight excluding hydrogens is 152 g/mol. The summed E-state index contributed by atoms with van der Waals surface area (Å²) < 4.78 is 0. The van der Waals surface area contributed by atoms with E-state index in [9.17, 15) is 10.2 Å². The summed E-state index contributed by atoms with van der Waals surface area (Å²) in [7, 11) is 0. The molecule has 0 aromatic carbocycles. The maximum atomic E-state index is 9.63. The monoisotopic (exact) mass is 170 g/mol. The van der Waals surface area contributed by atoms with Crippen LogP contribution in [0.2, 0.25) is 0 Å². The molecule has 70 valence electrons. The van der Waals surface area contributed by atoms with Crippen LogP contribution in [0, 0.1) is 5.92 Å². The van der Waals surface area contributed by atoms with Crippen LogP contribution in [0.4, 0.5) is 0 Å². The molecule has 0 aromatic rings. The van der Waals surface area contributed by atoms with Crippen LogP contribution in [0.15, 0.2) is 24.8 Å². The molecule has 2 N–H and O–H groups in total. The summed E-state index contributed by atoms with van der Waals surface area (Å²) in [6.07, 6.45) is 0.762. The first-order valence-corrected chi connectivity index (χ1v) is 3.99. The van der Waals surface area contributed by atoms with Crippen molar-refractivity contribution in [1.82, 2.24) is 0 Å². The lowest BCUT2D eigenvalue weighted by Gasteiger charge is -2.30. The minimum absolute atomic E-state index is 0.245. The molecule has 0 aliphatic heterocycles. The first-order chi connectivity index (χ1) is 5.30. The highest BCUT2D eigenvalue weighted by Crippen LogP contribution is 2.23. The van der Waals surface area contributed by atoms with Gasteiger partial charge in [-0.25, -0.2) is 0 Å². The number of aliphatic hydroxyl groups excluding tert-OH is 1. The number of hydrogen-bond donors (Lipinski definition) is 2. The fraction of sp³-hybridized carbons (Fsp3) is 0.600. The van der Waals surface area contributed by atoms with Gasteiger partial charge in [0.15, 0.2) is 0 Å². The van der Waals surface area contributed by atoms with Crippen molar-refractivity contribution in [2.75, 3.05) is 0 Å². The number of hydrogen-bond acceptors (Lipinski definition) is 2. The Kier molecular flexibility index (Phi) is 3.68. The summed E-state index contributed by atoms with van der Waals surface area (Å²) >= 11 is 0. The van der Waals surface area contributed by atoms with Crippen molar-refractivity contribution in [3.8, 4) is 0 Å². The fourth-order valence-electron chi connectivity index (χ4n) is 1.04. The Hall–Kier alpha value is -0.600. The number of rotatable bonds is 4. The molecule has 0 aliphatic carbocycles. The van der Waals surface area contributed by atoms with Crippen LogP contribution in [0.25, 0.3) is 0 Å². The van der Waals surface area contributed by atoms with Crippen LogP contribution in [-0.4, -0.2) is 21.9 Å². The summed E-state index contributed by atoms with van der Waals surface area (Å²) in [4.78, 5) is 0. The summed E-state index contributed by atoms with van der Waals surface area (Å²) in [5.41, 5.74) is -0.308. The molecule has 0 aromatic heterocycles. The predicted octanol–water partition coefficient (Wildman–Crippen LogP) is 1.50. The molecular formula is C10H18O2. The quantitative estimate of drug-likeness (QED) is 0.628. The largest absolute Gasteiger partial charge is 0.389 e. The fourth-order valence-corrected chi connectivity index (χ4v) is 1.04. The molecule has 0 saturated carbocycles. The maximum absolute atomic E-state index is 9.63. The highest BCUT2D eigenvalue weighted by atomic mass is 16.3. The standard InChI is InChI=1S/C10H18O2/c1-6-8(7(2)3)9(11)10(4,5)12/h6,8-9,11-12H,1-2H2,3-5H3/t8-,9+/m1/s1. The summed E-state index contributed by atoms with van der Waals surface area (Å²) in [5, 5.41) is 19.1. The zero-order valence-electron chi connectivity index (χ0n) is 8.04. The number of aliphatic hydroxyl groups is 2. The third-order valence-corrected chi connectivity index (χ3v) is 1.89. The zero-order valence-corrected chi connectivity index (χ0v) is 8.04. The molecule has 2 nitrogen and oxygen atoms in total. The predicted molar refractivity (Wildman–Crippen MR) is 50.8 cm³/mol. The summed E-state index contributed by atoms with van der Waals surface area (Å²) in [5.74, 6) is -0.245. The van der Waals surface area contributed by atoms with Crippen molar-refractivity contribution in [1.29, 1.82) is 0 Å². The van der Waals surface area contributed by atoms with Gasteiger partial charge in [0.1, 0.15) is 0 Å². The van der Waals surface area contributed by atoms with E-state index in [-0.39, 0.29) is 5.92 Å². The van der Waals surface area contributed by atoms with Gasteiger partial charge < -0.3 is 10.2 Å². The van der Waals surface area contributed by atoms with Crippen LogP contribution < -0.4 is 0 Å². The van der Waals surface area contributed by atoms with E-state index in [4.69, 9.17) is 0 Å². The van der Waals surface area contributed by atoms with Gasteiger partial charge in [0, 0.05) is 5.92 Å². The molecule has 0 heterocycles. The van der Waals surface area contributed by atoms with Crippen LogP contribution in [0.1, 0.15) is 20.8 Å². The Morgan fingerprint density at radius 1 is 1.50 bits per heavy atom. The van der Waals surface area contributed by atoms with Gasteiger partial charge >= 0.3 is 0 Å². The molecule has 0 rings (SSSR count). The van der Waals surface area contributed by atoms with E-state index in [0.29, 0.717) is 0 Å². The van der Waals surface area contributed by atoms with Crippen molar-refractivity contribution < 1.29 is 10.2 Å². The smallest absolute Gasteiger partial charge is 0.0920 e. The van der Waals surface area contributed by atoms with Crippen molar-refractivity contribution in [2.24, 2.45) is 5.92 Å². The van der Waals surface area contributed by atoms with Gasteiger partial charge in [0.05, 0.1) is 11.7 Å². The van der Waals surface area contributed by atoms with Crippen molar-refractivity contribution >= 4 is 0 Å². The van der Waals surface area contributed by atoms with E-state index in [1.54, 1.807) is 26.8 Å². The molecule has 2 atom stereocenters. The highest BCUT2D eigenvalue weighted by molar-refractivity contribution is 5.10. The van der Waals surface area contributed by atoms with Crippen LogP contribution in [-0.2, 0) is 0 Å². The van der Waals surface area contributed by atoms with Crippen LogP contribution >= 0.6 is 0 Å². The lowest BCUT2D eigenvalue weighted by atomic mass is 9.86. The lowest BCUT2D eigenvalue weighted by Crippen LogP contribution is -2.41. The van der Waals surface area contributed by atoms with E-state index in [1.165, 1.54) is 0 Å². The summed E-state index contributed by atoms with van der Waals surface area (Å²) in [6.45, 7) is 12.2. The Morgan fingerprint density at radius 3 is 2.00 bits per heavy atom. The normalized spacial score (nSPS) is 16.8. The second kappa shape index (κ2) is 3.87. The minimum atomic E-state index is -1.11. The summed E-state index contributed by atoms with van der Waals surface area (Å²) in [6, 6.07) is 0. The minimum Gasteiger partial charge on any atom is -0.389 e. The van der Waals surface area contributed by atoms with E-state index in [2.05, 4.69) is 13.2 Å². The van der Waals surface area contributed by atoms with Crippen LogP contribution in [0.3, 0.4) is 0 Å². The molecule has 12 heavy (non-hydrogen) atoms. The first kappa shape index (κ1) is 11.4. The van der Waals surface area contributed by atoms with Gasteiger partial charge in [0.2, 0.25) is 0 Å². The second-order valence-corrected chi connectivity index (χ2v) is 3.71. The third kappa shape index (κ3) is 2.80. The molecule has 0 bridgehead atoms. The van der Waals surface area contributed by atoms with Crippen LogP contribution in [0.5, 0.6) is 0 Å². The van der Waals surface area contributed by atoms with Gasteiger partial charge in [-0.2, -0.15) is 0 Å². The molecule has 0 spiro atoms. The SMILES string of the molecule is C=C[C@H](C(=C)C)[C@H](O)C(C)(C)O. The van der Waals surface area contributed by atoms with Gasteiger partial charge in [-0.05, 0) is 20.8 Å². The van der Waals surface area contributed by atoms with E-state index >= 15 is 0 Å². The topological polar surface area (TPSA) is 40.5 Å². The average Bonchev–Trinajstić information content (AvgIpc) is 1.86. The van der Waals surface area contributed by atoms with Gasteiger partial charge in [-0.3, -0.25) is 0 Å². The first-order valence-electron chi connectivity index (χ1n) is 3.99. The lowest BCUT2D eigenvalue weighted by molar-refractivity contribution is -0.0611. The highest BCUT2D eigenvalue weighted by Gasteiger charge is 2.30. The van der Waals surface area contributed by atoms with Crippen molar-refractivity contribution in [2.45, 2.75) is 32.5 Å². The van der Waals surface area contributed by atoms with Gasteiger partial charge in [-0.15, -0.1) is 6.58 Å². The molecule has 0 amide bonds. The van der Waals surface area contributed by atoms with Crippen molar-refractivity contribution in [3.63, 3.8) is 0 Å². The Bertz CT molecular complexity index is 177. The Balaban J connectivity index is 4.53. The third-order valence-electron chi connectivity index (χ3n) is 1.89. The van der Waals surface area contributed by atoms with Gasteiger partial charge in [-0.1, -0.05) is 18.2 Å². The molecule has 2 heteroatoms. The Labute approximate surface area is 74.2 Å². The zero-order chi connectivity index (χ0) is 9.94. The van der Waals surface area contributed by atoms with Crippen molar-refractivity contribution in [3.05, 3.63) is 24.8 Å².